The van der Waals surface area contributed by atoms with Crippen LogP contribution in [0.4, 0.5) is 20.2 Å². The Kier molecular flexibility index (Phi) is 6.48. The maximum Gasteiger partial charge on any atom is 0.310 e. The third-order valence-corrected chi connectivity index (χ3v) is 6.11. The largest absolute Gasteiger partial charge is 0.455 e. The maximum absolute atomic E-state index is 13.7. The molecule has 8 heteroatoms. The molecule has 1 aliphatic carbocycles. The van der Waals surface area contributed by atoms with E-state index < -0.39 is 47.6 Å². The van der Waals surface area contributed by atoms with Gasteiger partial charge in [-0.05, 0) is 43.0 Å². The summed E-state index contributed by atoms with van der Waals surface area (Å²) in [7, 11) is 0. The zero-order chi connectivity index (χ0) is 22.7. The molecule has 1 N–H and O–H groups in total. The minimum atomic E-state index is -0.923. The number of ether oxygens (including phenoxy) is 1. The van der Waals surface area contributed by atoms with Crippen LogP contribution in [0, 0.1) is 23.5 Å². The number of carbonyl (C=O) groups excluding carboxylic acids is 3. The first-order valence-electron chi connectivity index (χ1n) is 10.8. The summed E-state index contributed by atoms with van der Waals surface area (Å²) in [5.41, 5.74) is 1.39. The number of rotatable bonds is 5. The van der Waals surface area contributed by atoms with Crippen LogP contribution < -0.4 is 10.2 Å². The molecule has 1 aliphatic heterocycles. The van der Waals surface area contributed by atoms with Crippen molar-refractivity contribution in [3.63, 3.8) is 0 Å². The normalized spacial score (nSPS) is 19.9. The number of nitrogens with zero attached hydrogens (tertiary/aromatic N) is 1. The first kappa shape index (κ1) is 21.9. The van der Waals surface area contributed by atoms with Crippen LogP contribution in [-0.2, 0) is 25.5 Å². The van der Waals surface area contributed by atoms with Gasteiger partial charge < -0.3 is 15.0 Å². The highest BCUT2D eigenvalue weighted by Crippen LogP contribution is 2.36. The van der Waals surface area contributed by atoms with Crippen LogP contribution in [0.2, 0.25) is 0 Å². The second-order valence-corrected chi connectivity index (χ2v) is 8.12. The van der Waals surface area contributed by atoms with E-state index in [-0.39, 0.29) is 5.91 Å². The third-order valence-electron chi connectivity index (χ3n) is 6.11. The van der Waals surface area contributed by atoms with E-state index in [1.165, 1.54) is 6.07 Å². The van der Waals surface area contributed by atoms with E-state index in [1.54, 1.807) is 4.90 Å². The van der Waals surface area contributed by atoms with Crippen molar-refractivity contribution in [3.05, 3.63) is 59.7 Å². The van der Waals surface area contributed by atoms with Gasteiger partial charge in [-0.15, -0.1) is 0 Å². The van der Waals surface area contributed by atoms with E-state index in [2.05, 4.69) is 5.32 Å². The van der Waals surface area contributed by atoms with Crippen LogP contribution in [0.25, 0.3) is 0 Å². The van der Waals surface area contributed by atoms with Crippen molar-refractivity contribution < 1.29 is 27.9 Å². The highest BCUT2D eigenvalue weighted by molar-refractivity contribution is 5.99. The van der Waals surface area contributed by atoms with Crippen molar-refractivity contribution in [3.8, 4) is 0 Å². The number of halogens is 2. The second-order valence-electron chi connectivity index (χ2n) is 8.12. The predicted octanol–water partition coefficient (Wildman–Crippen LogP) is 3.84. The molecule has 2 unspecified atom stereocenters. The molecule has 2 aromatic rings. The fourth-order valence-electron chi connectivity index (χ4n) is 4.51. The summed E-state index contributed by atoms with van der Waals surface area (Å²) >= 11 is 0. The van der Waals surface area contributed by atoms with Crippen molar-refractivity contribution in [2.24, 2.45) is 11.8 Å². The smallest absolute Gasteiger partial charge is 0.310 e. The standard InChI is InChI=1S/C24H24F2N2O4/c25-18-9-5-10-19(26)22(18)27-21(29)14-32-24(31)17-8-3-2-7-16(17)23(30)28-13-12-15-6-1-4-11-20(15)28/h1,4-6,9-11,16-17H,2-3,7-8,12-14H2,(H,27,29). The lowest BCUT2D eigenvalue weighted by molar-refractivity contribution is -0.156. The van der Waals surface area contributed by atoms with Gasteiger partial charge in [-0.3, -0.25) is 14.4 Å². The summed E-state index contributed by atoms with van der Waals surface area (Å²) in [5.74, 6) is -4.61. The van der Waals surface area contributed by atoms with Gasteiger partial charge in [0.2, 0.25) is 5.91 Å². The summed E-state index contributed by atoms with van der Waals surface area (Å²) in [4.78, 5) is 39.8. The Bertz CT molecular complexity index is 1020. The summed E-state index contributed by atoms with van der Waals surface area (Å²) < 4.78 is 32.5. The Morgan fingerprint density at radius 3 is 2.41 bits per heavy atom. The minimum absolute atomic E-state index is 0.102. The van der Waals surface area contributed by atoms with Gasteiger partial charge in [-0.25, -0.2) is 8.78 Å². The number of hydrogen-bond acceptors (Lipinski definition) is 4. The number of anilines is 2. The number of hydrogen-bond donors (Lipinski definition) is 1. The number of carbonyl (C=O) groups is 3. The zero-order valence-electron chi connectivity index (χ0n) is 17.5. The number of nitrogens with one attached hydrogen (secondary N) is 1. The van der Waals surface area contributed by atoms with E-state index in [1.807, 2.05) is 24.3 Å². The van der Waals surface area contributed by atoms with Crippen molar-refractivity contribution in [2.45, 2.75) is 32.1 Å². The van der Waals surface area contributed by atoms with E-state index in [9.17, 15) is 23.2 Å². The van der Waals surface area contributed by atoms with E-state index in [0.717, 1.165) is 42.6 Å². The first-order valence-corrected chi connectivity index (χ1v) is 10.8. The predicted molar refractivity (Wildman–Crippen MR) is 114 cm³/mol. The number of esters is 1. The maximum atomic E-state index is 13.7. The Morgan fingerprint density at radius 1 is 0.969 bits per heavy atom. The van der Waals surface area contributed by atoms with E-state index in [0.29, 0.717) is 19.4 Å². The highest BCUT2D eigenvalue weighted by Gasteiger charge is 2.40. The average Bonchev–Trinajstić information content (AvgIpc) is 3.24. The lowest BCUT2D eigenvalue weighted by atomic mass is 9.78. The molecule has 1 heterocycles. The lowest BCUT2D eigenvalue weighted by Crippen LogP contribution is -2.42. The molecule has 2 aliphatic rings. The van der Waals surface area contributed by atoms with Gasteiger partial charge >= 0.3 is 5.97 Å². The third kappa shape index (κ3) is 4.49. The van der Waals surface area contributed by atoms with Crippen molar-refractivity contribution in [2.75, 3.05) is 23.4 Å². The van der Waals surface area contributed by atoms with Gasteiger partial charge in [-0.1, -0.05) is 37.1 Å². The summed E-state index contributed by atoms with van der Waals surface area (Å²) in [6.45, 7) is -0.108. The Balaban J connectivity index is 1.39. The molecule has 2 atom stereocenters. The molecule has 0 spiro atoms. The molecular weight excluding hydrogens is 418 g/mol. The topological polar surface area (TPSA) is 75.7 Å². The Labute approximate surface area is 184 Å². The molecule has 1 saturated carbocycles. The van der Waals surface area contributed by atoms with Gasteiger partial charge in [0.05, 0.1) is 11.8 Å². The molecule has 0 saturated heterocycles. The molecule has 6 nitrogen and oxygen atoms in total. The van der Waals surface area contributed by atoms with Gasteiger partial charge in [0, 0.05) is 12.2 Å². The number of para-hydroxylation sites is 2. The summed E-state index contributed by atoms with van der Waals surface area (Å²) in [6, 6.07) is 10.9. The number of amides is 2. The van der Waals surface area contributed by atoms with Gasteiger partial charge in [0.1, 0.15) is 17.3 Å². The monoisotopic (exact) mass is 442 g/mol. The van der Waals surface area contributed by atoms with Gasteiger partial charge in [0.25, 0.3) is 5.91 Å². The van der Waals surface area contributed by atoms with Crippen LogP contribution in [0.1, 0.15) is 31.2 Å². The number of fused-ring (bicyclic) bond motifs is 1. The minimum Gasteiger partial charge on any atom is -0.455 e. The lowest BCUT2D eigenvalue weighted by Gasteiger charge is -2.32. The summed E-state index contributed by atoms with van der Waals surface area (Å²) in [5, 5.41) is 2.09. The Morgan fingerprint density at radius 2 is 1.66 bits per heavy atom. The van der Waals surface area contributed by atoms with Crippen molar-refractivity contribution in [1.82, 2.24) is 0 Å². The second kappa shape index (κ2) is 9.46. The first-order chi connectivity index (χ1) is 15.5. The molecule has 0 aromatic heterocycles. The molecule has 0 radical (unpaired) electrons. The highest BCUT2D eigenvalue weighted by atomic mass is 19.1. The van der Waals surface area contributed by atoms with Crippen LogP contribution in [0.15, 0.2) is 42.5 Å². The van der Waals surface area contributed by atoms with Gasteiger partial charge in [0.15, 0.2) is 6.61 Å². The zero-order valence-corrected chi connectivity index (χ0v) is 17.5. The van der Waals surface area contributed by atoms with Crippen LogP contribution in [0.3, 0.4) is 0 Å². The van der Waals surface area contributed by atoms with E-state index in [4.69, 9.17) is 4.74 Å². The van der Waals surface area contributed by atoms with Crippen LogP contribution in [-0.4, -0.2) is 30.9 Å². The molecule has 168 valence electrons. The molecule has 2 aromatic carbocycles. The molecule has 1 fully saturated rings. The van der Waals surface area contributed by atoms with Crippen LogP contribution in [0.5, 0.6) is 0 Å². The fourth-order valence-corrected chi connectivity index (χ4v) is 4.51. The average molecular weight is 442 g/mol. The summed E-state index contributed by atoms with van der Waals surface area (Å²) in [6.07, 6.45) is 3.46. The quantitative estimate of drug-likeness (QED) is 0.714. The Hall–Kier alpha value is -3.29. The van der Waals surface area contributed by atoms with Gasteiger partial charge in [-0.2, -0.15) is 0 Å². The van der Waals surface area contributed by atoms with Crippen molar-refractivity contribution >= 4 is 29.2 Å². The molecule has 4 rings (SSSR count). The fraction of sp³-hybridized carbons (Fsp3) is 0.375. The molecule has 2 amide bonds. The molecular formula is C24H24F2N2O4. The molecule has 0 bridgehead atoms. The number of benzene rings is 2. The SMILES string of the molecule is O=C(COC(=O)C1CCCCC1C(=O)N1CCc2ccccc21)Nc1c(F)cccc1F. The van der Waals surface area contributed by atoms with Crippen molar-refractivity contribution in [1.29, 1.82) is 0 Å². The molecule has 32 heavy (non-hydrogen) atoms. The van der Waals surface area contributed by atoms with E-state index >= 15 is 0 Å². The van der Waals surface area contributed by atoms with Crippen LogP contribution >= 0.6 is 0 Å².